The fourth-order valence-corrected chi connectivity index (χ4v) is 7.15. The first-order valence-electron chi connectivity index (χ1n) is 12.3. The topological polar surface area (TPSA) is 52.6 Å². The van der Waals surface area contributed by atoms with Gasteiger partial charge in [0.15, 0.2) is 20.2 Å². The molecular weight excluding hydrogens is 428 g/mol. The van der Waals surface area contributed by atoms with Crippen molar-refractivity contribution in [3.05, 3.63) is 47.5 Å². The Morgan fingerprint density at radius 2 is 1.73 bits per heavy atom. The minimum absolute atomic E-state index is 0.0667. The van der Waals surface area contributed by atoms with Crippen LogP contribution in [0.15, 0.2) is 42.0 Å². The van der Waals surface area contributed by atoms with Crippen LogP contribution in [-0.4, -0.2) is 32.8 Å². The smallest absolute Gasteiger partial charge is 0.338 e. The average Bonchev–Trinajstić information content (AvgIpc) is 3.05. The molecule has 5 heteroatoms. The van der Waals surface area contributed by atoms with Gasteiger partial charge < -0.3 is 9.16 Å². The van der Waals surface area contributed by atoms with Crippen LogP contribution in [0.3, 0.4) is 0 Å². The summed E-state index contributed by atoms with van der Waals surface area (Å²) in [6, 6.07) is 8.99. The predicted molar refractivity (Wildman–Crippen MR) is 133 cm³/mol. The quantitative estimate of drug-likeness (QED) is 0.284. The second kappa shape index (κ2) is 7.91. The molecule has 1 aromatic carbocycles. The van der Waals surface area contributed by atoms with E-state index < -0.39 is 25.8 Å². The number of benzene rings is 1. The summed E-state index contributed by atoms with van der Waals surface area (Å²) in [6.45, 7) is 18.5. The first-order chi connectivity index (χ1) is 15.2. The van der Waals surface area contributed by atoms with E-state index in [2.05, 4.69) is 60.7 Å². The van der Waals surface area contributed by atoms with Crippen molar-refractivity contribution in [3.63, 3.8) is 0 Å². The molecule has 2 saturated carbocycles. The van der Waals surface area contributed by atoms with Crippen LogP contribution in [0.25, 0.3) is 0 Å². The third kappa shape index (κ3) is 4.16. The van der Waals surface area contributed by atoms with Crippen molar-refractivity contribution in [3.8, 4) is 0 Å². The molecule has 33 heavy (non-hydrogen) atoms. The Morgan fingerprint density at radius 1 is 1.09 bits per heavy atom. The Morgan fingerprint density at radius 3 is 2.33 bits per heavy atom. The Balaban J connectivity index is 1.66. The highest BCUT2D eigenvalue weighted by Gasteiger charge is 2.65. The summed E-state index contributed by atoms with van der Waals surface area (Å²) in [6.07, 6.45) is 3.60. The fourth-order valence-electron chi connectivity index (χ4n) is 6.19. The molecule has 0 saturated heterocycles. The molecular formula is C28H40O4Si. The van der Waals surface area contributed by atoms with E-state index in [-0.39, 0.29) is 22.2 Å². The number of Topliss-reactive ketones (excluding diaryl/α,β-unsaturated/α-hetero) is 1. The Hall–Kier alpha value is -1.72. The van der Waals surface area contributed by atoms with Crippen molar-refractivity contribution in [1.29, 1.82) is 0 Å². The third-order valence-electron chi connectivity index (χ3n) is 8.97. The number of ether oxygens (including phenoxy) is 1. The number of hydrogen-bond donors (Lipinski definition) is 0. The first kappa shape index (κ1) is 24.4. The molecule has 0 aliphatic heterocycles. The SMILES string of the molecule is CC1(C)C[C@H]2[C@@H]3C(=O)[C@H](OC(=O)c4ccccc4)[C@@](C)(C=C3CO[Si](C)(C)C(C)(C)C)[C@H]2C1. The predicted octanol–water partition coefficient (Wildman–Crippen LogP) is 6.43. The molecule has 0 N–H and O–H groups in total. The zero-order valence-corrected chi connectivity index (χ0v) is 22.5. The highest BCUT2D eigenvalue weighted by atomic mass is 28.4. The van der Waals surface area contributed by atoms with Gasteiger partial charge >= 0.3 is 5.97 Å². The van der Waals surface area contributed by atoms with E-state index in [0.29, 0.717) is 24.0 Å². The van der Waals surface area contributed by atoms with Crippen LogP contribution in [0.4, 0.5) is 0 Å². The van der Waals surface area contributed by atoms with E-state index in [4.69, 9.17) is 9.16 Å². The Labute approximate surface area is 200 Å². The third-order valence-corrected chi connectivity index (χ3v) is 13.4. The van der Waals surface area contributed by atoms with E-state index in [9.17, 15) is 9.59 Å². The summed E-state index contributed by atoms with van der Waals surface area (Å²) in [5, 5.41) is 0.112. The number of rotatable bonds is 5. The summed E-state index contributed by atoms with van der Waals surface area (Å²) in [5.74, 6) is 0.0746. The van der Waals surface area contributed by atoms with E-state index in [1.807, 2.05) is 18.2 Å². The number of esters is 1. The van der Waals surface area contributed by atoms with Gasteiger partial charge in [0.2, 0.25) is 0 Å². The zero-order valence-electron chi connectivity index (χ0n) is 21.5. The molecule has 2 fully saturated rings. The molecule has 180 valence electrons. The van der Waals surface area contributed by atoms with Crippen molar-refractivity contribution in [1.82, 2.24) is 0 Å². The van der Waals surface area contributed by atoms with Crippen LogP contribution in [0.5, 0.6) is 0 Å². The van der Waals surface area contributed by atoms with Gasteiger partial charge in [-0.15, -0.1) is 0 Å². The largest absolute Gasteiger partial charge is 0.450 e. The minimum Gasteiger partial charge on any atom is -0.450 e. The number of carbonyl (C=O) groups is 2. The van der Waals surface area contributed by atoms with Crippen molar-refractivity contribution < 1.29 is 18.8 Å². The highest BCUT2D eigenvalue weighted by molar-refractivity contribution is 6.74. The molecule has 0 aromatic heterocycles. The van der Waals surface area contributed by atoms with Crippen molar-refractivity contribution in [2.75, 3.05) is 6.61 Å². The van der Waals surface area contributed by atoms with Crippen molar-refractivity contribution in [2.24, 2.45) is 28.6 Å². The maximum atomic E-state index is 13.9. The van der Waals surface area contributed by atoms with Gasteiger partial charge in [0.05, 0.1) is 12.2 Å². The maximum Gasteiger partial charge on any atom is 0.338 e. The lowest BCUT2D eigenvalue weighted by Gasteiger charge is -2.54. The highest BCUT2D eigenvalue weighted by Crippen LogP contribution is 2.64. The molecule has 0 amide bonds. The van der Waals surface area contributed by atoms with Gasteiger partial charge in [0.25, 0.3) is 0 Å². The Bertz CT molecular complexity index is 971. The lowest BCUT2D eigenvalue weighted by atomic mass is 9.51. The summed E-state index contributed by atoms with van der Waals surface area (Å²) in [5.41, 5.74) is 1.28. The minimum atomic E-state index is -1.95. The van der Waals surface area contributed by atoms with Gasteiger partial charge in [-0.3, -0.25) is 4.79 Å². The van der Waals surface area contributed by atoms with Crippen LogP contribution < -0.4 is 0 Å². The summed E-state index contributed by atoms with van der Waals surface area (Å²) in [7, 11) is -1.95. The van der Waals surface area contributed by atoms with Gasteiger partial charge in [-0.1, -0.05) is 65.8 Å². The molecule has 4 nitrogen and oxygen atoms in total. The van der Waals surface area contributed by atoms with E-state index in [0.717, 1.165) is 18.4 Å². The molecule has 5 atom stereocenters. The van der Waals surface area contributed by atoms with Crippen LogP contribution in [0, 0.1) is 28.6 Å². The van der Waals surface area contributed by atoms with E-state index in [1.165, 1.54) is 0 Å². The van der Waals surface area contributed by atoms with Crippen LogP contribution in [0.2, 0.25) is 18.1 Å². The second-order valence-corrected chi connectivity index (χ2v) is 17.8. The maximum absolute atomic E-state index is 13.9. The van der Waals surface area contributed by atoms with Gasteiger partial charge in [0.1, 0.15) is 0 Å². The molecule has 4 aliphatic carbocycles. The van der Waals surface area contributed by atoms with Crippen molar-refractivity contribution in [2.45, 2.75) is 78.6 Å². The lowest BCUT2D eigenvalue weighted by molar-refractivity contribution is -0.152. The number of carbonyl (C=O) groups excluding carboxylic acids is 2. The number of fused-ring (bicyclic) bond motifs is 1. The molecule has 1 aromatic rings. The summed E-state index contributed by atoms with van der Waals surface area (Å²) >= 11 is 0. The van der Waals surface area contributed by atoms with Crippen LogP contribution in [0.1, 0.15) is 64.7 Å². The van der Waals surface area contributed by atoms with Gasteiger partial charge in [-0.05, 0) is 65.9 Å². The molecule has 0 heterocycles. The second-order valence-electron chi connectivity index (χ2n) is 13.0. The number of hydrogen-bond acceptors (Lipinski definition) is 4. The average molecular weight is 469 g/mol. The molecule has 2 bridgehead atoms. The van der Waals surface area contributed by atoms with E-state index in [1.54, 1.807) is 12.1 Å². The summed E-state index contributed by atoms with van der Waals surface area (Å²) < 4.78 is 12.6. The zero-order chi connectivity index (χ0) is 24.4. The standard InChI is InChI=1S/C28H40O4Si/c1-26(2,3)33(7,8)31-17-19-14-28(6)21-16-27(4,5)15-20(21)22(19)23(29)24(28)32-25(30)18-12-10-9-11-13-18/h9-14,20-22,24H,15-17H2,1-8H3/t20-,21+,22-,24+,28+/m1/s1. The molecule has 0 unspecified atom stereocenters. The lowest BCUT2D eigenvalue weighted by Crippen LogP contribution is -2.60. The van der Waals surface area contributed by atoms with Gasteiger partial charge in [-0.2, -0.15) is 0 Å². The Kier molecular flexibility index (Phi) is 5.85. The van der Waals surface area contributed by atoms with Gasteiger partial charge in [0, 0.05) is 11.3 Å². The first-order valence-corrected chi connectivity index (χ1v) is 15.2. The number of ketones is 1. The molecule has 5 rings (SSSR count). The van der Waals surface area contributed by atoms with Crippen molar-refractivity contribution >= 4 is 20.1 Å². The molecule has 4 aliphatic rings. The fraction of sp³-hybridized carbons (Fsp3) is 0.643. The van der Waals surface area contributed by atoms with E-state index >= 15 is 0 Å². The van der Waals surface area contributed by atoms with Crippen LogP contribution >= 0.6 is 0 Å². The summed E-state index contributed by atoms with van der Waals surface area (Å²) in [4.78, 5) is 26.8. The normalized spacial score (nSPS) is 33.0. The molecule has 0 radical (unpaired) electrons. The monoisotopic (exact) mass is 468 g/mol. The van der Waals surface area contributed by atoms with Gasteiger partial charge in [-0.25, -0.2) is 4.79 Å². The molecule has 0 spiro atoms. The van der Waals surface area contributed by atoms with Crippen LogP contribution in [-0.2, 0) is 14.0 Å².